The van der Waals surface area contributed by atoms with Crippen LogP contribution >= 0.6 is 11.8 Å². The van der Waals surface area contributed by atoms with Gasteiger partial charge in [-0.05, 0) is 44.0 Å². The standard InChI is InChI=1S/C14H17FO2S/c1-10(18-9-13-3-2-8-17-13)14(16)11-4-6-12(15)7-5-11/h4-7,10,13H,2-3,8-9H2,1H3. The molecule has 1 heterocycles. The van der Waals surface area contributed by atoms with E-state index in [4.69, 9.17) is 4.74 Å². The van der Waals surface area contributed by atoms with Gasteiger partial charge in [0, 0.05) is 17.9 Å². The summed E-state index contributed by atoms with van der Waals surface area (Å²) < 4.78 is 18.3. The number of carbonyl (C=O) groups excluding carboxylic acids is 1. The molecule has 1 aromatic rings. The number of ether oxygens (including phenoxy) is 1. The van der Waals surface area contributed by atoms with Crippen molar-refractivity contribution in [1.82, 2.24) is 0 Å². The van der Waals surface area contributed by atoms with Crippen molar-refractivity contribution in [2.75, 3.05) is 12.4 Å². The first-order valence-corrected chi connectivity index (χ1v) is 7.24. The first kappa shape index (κ1) is 13.6. The number of carbonyl (C=O) groups is 1. The van der Waals surface area contributed by atoms with Gasteiger partial charge in [-0.2, -0.15) is 0 Å². The minimum atomic E-state index is -0.314. The van der Waals surface area contributed by atoms with Gasteiger partial charge in [-0.1, -0.05) is 0 Å². The maximum absolute atomic E-state index is 12.8. The molecule has 1 saturated heterocycles. The topological polar surface area (TPSA) is 26.3 Å². The highest BCUT2D eigenvalue weighted by Gasteiger charge is 2.20. The van der Waals surface area contributed by atoms with Gasteiger partial charge in [0.15, 0.2) is 5.78 Å². The van der Waals surface area contributed by atoms with Crippen molar-refractivity contribution in [1.29, 1.82) is 0 Å². The minimum Gasteiger partial charge on any atom is -0.377 e. The van der Waals surface area contributed by atoms with Crippen LogP contribution in [0.4, 0.5) is 4.39 Å². The molecule has 98 valence electrons. The van der Waals surface area contributed by atoms with E-state index in [9.17, 15) is 9.18 Å². The Morgan fingerprint density at radius 2 is 2.22 bits per heavy atom. The lowest BCUT2D eigenvalue weighted by Gasteiger charge is -2.13. The van der Waals surface area contributed by atoms with Crippen LogP contribution in [-0.2, 0) is 4.74 Å². The number of benzene rings is 1. The molecule has 0 bridgehead atoms. The number of rotatable bonds is 5. The van der Waals surface area contributed by atoms with Gasteiger partial charge >= 0.3 is 0 Å². The number of hydrogen-bond acceptors (Lipinski definition) is 3. The second-order valence-corrected chi connectivity index (χ2v) is 5.86. The molecule has 1 aliphatic heterocycles. The molecule has 0 saturated carbocycles. The third-order valence-corrected chi connectivity index (χ3v) is 4.33. The summed E-state index contributed by atoms with van der Waals surface area (Å²) in [6.07, 6.45) is 2.49. The Balaban J connectivity index is 1.85. The quantitative estimate of drug-likeness (QED) is 0.766. The molecule has 2 unspecified atom stereocenters. The second kappa shape index (κ2) is 6.34. The van der Waals surface area contributed by atoms with Crippen molar-refractivity contribution in [3.05, 3.63) is 35.6 Å². The summed E-state index contributed by atoms with van der Waals surface area (Å²) in [6, 6.07) is 5.73. The minimum absolute atomic E-state index is 0.0537. The van der Waals surface area contributed by atoms with Crippen molar-refractivity contribution in [3.8, 4) is 0 Å². The Bertz CT molecular complexity index is 399. The fraction of sp³-hybridized carbons (Fsp3) is 0.500. The lowest BCUT2D eigenvalue weighted by atomic mass is 10.1. The average molecular weight is 268 g/mol. The molecule has 0 radical (unpaired) electrons. The molecule has 0 spiro atoms. The molecular weight excluding hydrogens is 251 g/mol. The molecule has 0 N–H and O–H groups in total. The molecule has 1 aliphatic rings. The van der Waals surface area contributed by atoms with Gasteiger partial charge in [-0.3, -0.25) is 4.79 Å². The van der Waals surface area contributed by atoms with Crippen LogP contribution < -0.4 is 0 Å². The summed E-state index contributed by atoms with van der Waals surface area (Å²) in [5, 5.41) is -0.111. The van der Waals surface area contributed by atoms with Crippen molar-refractivity contribution >= 4 is 17.5 Å². The lowest BCUT2D eigenvalue weighted by molar-refractivity contribution is 0.0993. The maximum atomic E-state index is 12.8. The highest BCUT2D eigenvalue weighted by atomic mass is 32.2. The zero-order valence-electron chi connectivity index (χ0n) is 10.4. The second-order valence-electron chi connectivity index (χ2n) is 4.48. The van der Waals surface area contributed by atoms with E-state index in [1.54, 1.807) is 23.9 Å². The van der Waals surface area contributed by atoms with Gasteiger partial charge in [0.25, 0.3) is 0 Å². The van der Waals surface area contributed by atoms with Gasteiger partial charge < -0.3 is 4.74 Å². The molecule has 0 aromatic heterocycles. The van der Waals surface area contributed by atoms with Crippen LogP contribution in [0.15, 0.2) is 24.3 Å². The van der Waals surface area contributed by atoms with E-state index in [-0.39, 0.29) is 16.9 Å². The first-order chi connectivity index (χ1) is 8.66. The number of Topliss-reactive ketones (excluding diaryl/α,β-unsaturated/α-hetero) is 1. The zero-order chi connectivity index (χ0) is 13.0. The molecule has 0 aliphatic carbocycles. The van der Waals surface area contributed by atoms with E-state index in [0.717, 1.165) is 25.2 Å². The molecule has 18 heavy (non-hydrogen) atoms. The van der Waals surface area contributed by atoms with E-state index < -0.39 is 0 Å². The largest absolute Gasteiger partial charge is 0.377 e. The number of halogens is 1. The molecule has 2 rings (SSSR count). The van der Waals surface area contributed by atoms with E-state index in [2.05, 4.69) is 0 Å². The molecule has 1 fully saturated rings. The smallest absolute Gasteiger partial charge is 0.175 e. The van der Waals surface area contributed by atoms with Crippen molar-refractivity contribution in [2.45, 2.75) is 31.1 Å². The van der Waals surface area contributed by atoms with Gasteiger partial charge in [0.1, 0.15) is 5.82 Å². The summed E-state index contributed by atoms with van der Waals surface area (Å²) in [7, 11) is 0. The van der Waals surface area contributed by atoms with Gasteiger partial charge in [0.2, 0.25) is 0 Å². The van der Waals surface area contributed by atoms with Crippen LogP contribution in [0.1, 0.15) is 30.1 Å². The third kappa shape index (κ3) is 3.56. The lowest BCUT2D eigenvalue weighted by Crippen LogP contribution is -2.18. The summed E-state index contributed by atoms with van der Waals surface area (Å²) in [6.45, 7) is 2.73. The Kier molecular flexibility index (Phi) is 4.78. The predicted molar refractivity (Wildman–Crippen MR) is 71.6 cm³/mol. The van der Waals surface area contributed by atoms with Crippen LogP contribution in [0.5, 0.6) is 0 Å². The van der Waals surface area contributed by atoms with E-state index in [1.165, 1.54) is 12.1 Å². The van der Waals surface area contributed by atoms with E-state index in [1.807, 2.05) is 6.92 Å². The van der Waals surface area contributed by atoms with Crippen LogP contribution in [0.2, 0.25) is 0 Å². The summed E-state index contributed by atoms with van der Waals surface area (Å²) >= 11 is 1.61. The number of ketones is 1. The van der Waals surface area contributed by atoms with Gasteiger partial charge in [-0.25, -0.2) is 4.39 Å². The average Bonchev–Trinajstić information content (AvgIpc) is 2.89. The molecule has 4 heteroatoms. The maximum Gasteiger partial charge on any atom is 0.175 e. The molecule has 0 amide bonds. The van der Waals surface area contributed by atoms with Crippen LogP contribution in [0.25, 0.3) is 0 Å². The third-order valence-electron chi connectivity index (χ3n) is 3.05. The van der Waals surface area contributed by atoms with Gasteiger partial charge in [-0.15, -0.1) is 11.8 Å². The molecular formula is C14H17FO2S. The fourth-order valence-electron chi connectivity index (χ4n) is 1.95. The van der Waals surface area contributed by atoms with Crippen LogP contribution in [-0.4, -0.2) is 29.5 Å². The number of hydrogen-bond donors (Lipinski definition) is 0. The van der Waals surface area contributed by atoms with Crippen molar-refractivity contribution in [2.24, 2.45) is 0 Å². The summed E-state index contributed by atoms with van der Waals surface area (Å²) in [4.78, 5) is 12.1. The zero-order valence-corrected chi connectivity index (χ0v) is 11.2. The Morgan fingerprint density at radius 1 is 1.50 bits per heavy atom. The van der Waals surface area contributed by atoms with Crippen molar-refractivity contribution < 1.29 is 13.9 Å². The predicted octanol–water partition coefficient (Wildman–Crippen LogP) is 3.31. The van der Waals surface area contributed by atoms with Crippen LogP contribution in [0.3, 0.4) is 0 Å². The Hall–Kier alpha value is -0.870. The molecule has 1 aromatic carbocycles. The Morgan fingerprint density at radius 3 is 2.83 bits per heavy atom. The van der Waals surface area contributed by atoms with E-state index in [0.29, 0.717) is 11.7 Å². The van der Waals surface area contributed by atoms with Crippen molar-refractivity contribution in [3.63, 3.8) is 0 Å². The van der Waals surface area contributed by atoms with Gasteiger partial charge in [0.05, 0.1) is 11.4 Å². The molecule has 2 atom stereocenters. The van der Waals surface area contributed by atoms with E-state index >= 15 is 0 Å². The summed E-state index contributed by atoms with van der Waals surface area (Å²) in [5.74, 6) is 0.595. The monoisotopic (exact) mass is 268 g/mol. The highest BCUT2D eigenvalue weighted by molar-refractivity contribution is 8.00. The SMILES string of the molecule is CC(SCC1CCCO1)C(=O)c1ccc(F)cc1. The van der Waals surface area contributed by atoms with Crippen LogP contribution in [0, 0.1) is 5.82 Å². The first-order valence-electron chi connectivity index (χ1n) is 6.20. The fourth-order valence-corrected chi connectivity index (χ4v) is 3.01. The summed E-state index contributed by atoms with van der Waals surface area (Å²) in [5.41, 5.74) is 0.573. The number of thioether (sulfide) groups is 1. The molecule has 2 nitrogen and oxygen atoms in total. The normalized spacial score (nSPS) is 20.9. The Labute approximate surface area is 111 Å². The highest BCUT2D eigenvalue weighted by Crippen LogP contribution is 2.22.